The van der Waals surface area contributed by atoms with Crippen LogP contribution in [0.5, 0.6) is 0 Å². The number of aromatic nitrogens is 3. The first-order valence-electron chi connectivity index (χ1n) is 9.16. The van der Waals surface area contributed by atoms with Gasteiger partial charge in [-0.3, -0.25) is 4.79 Å². The standard InChI is InChI=1S/C19H23BrN4O2/c20-16-3-1-15(2-4-16)19(7-11-26-12-8-19)18(25)23-9-5-17(6-10-23)24-14-21-13-22-24/h1-4,13-14,17H,5-12H2. The first-order chi connectivity index (χ1) is 12.7. The number of likely N-dealkylation sites (tertiary alicyclic amines) is 1. The van der Waals surface area contributed by atoms with Gasteiger partial charge in [-0.2, -0.15) is 5.10 Å². The molecule has 0 N–H and O–H groups in total. The van der Waals surface area contributed by atoms with Crippen molar-refractivity contribution in [3.8, 4) is 0 Å². The number of carbonyl (C=O) groups excluding carboxylic acids is 1. The number of carbonyl (C=O) groups is 1. The molecule has 1 aromatic carbocycles. The van der Waals surface area contributed by atoms with Crippen molar-refractivity contribution in [3.05, 3.63) is 47.0 Å². The highest BCUT2D eigenvalue weighted by Gasteiger charge is 2.44. The molecule has 138 valence electrons. The first kappa shape index (κ1) is 17.7. The zero-order valence-corrected chi connectivity index (χ0v) is 16.3. The minimum Gasteiger partial charge on any atom is -0.381 e. The Bertz CT molecular complexity index is 733. The Morgan fingerprint density at radius 2 is 1.85 bits per heavy atom. The minimum atomic E-state index is -0.459. The van der Waals surface area contributed by atoms with E-state index in [-0.39, 0.29) is 5.91 Å². The Morgan fingerprint density at radius 3 is 2.46 bits per heavy atom. The van der Waals surface area contributed by atoms with Crippen molar-refractivity contribution in [2.24, 2.45) is 0 Å². The Kier molecular flexibility index (Phi) is 5.09. The fourth-order valence-corrected chi connectivity index (χ4v) is 4.42. The Morgan fingerprint density at radius 1 is 1.15 bits per heavy atom. The van der Waals surface area contributed by atoms with Crippen molar-refractivity contribution >= 4 is 21.8 Å². The van der Waals surface area contributed by atoms with Gasteiger partial charge in [0.15, 0.2) is 0 Å². The van der Waals surface area contributed by atoms with Gasteiger partial charge in [-0.1, -0.05) is 28.1 Å². The number of amides is 1. The van der Waals surface area contributed by atoms with E-state index < -0.39 is 5.41 Å². The summed E-state index contributed by atoms with van der Waals surface area (Å²) in [6.07, 6.45) is 6.67. The third kappa shape index (κ3) is 3.30. The van der Waals surface area contributed by atoms with Crippen molar-refractivity contribution in [2.75, 3.05) is 26.3 Å². The number of nitrogens with zero attached hydrogens (tertiary/aromatic N) is 4. The lowest BCUT2D eigenvalue weighted by Crippen LogP contribution is -2.52. The van der Waals surface area contributed by atoms with Crippen LogP contribution in [0.2, 0.25) is 0 Å². The van der Waals surface area contributed by atoms with Gasteiger partial charge in [0.2, 0.25) is 5.91 Å². The van der Waals surface area contributed by atoms with E-state index in [1.165, 1.54) is 0 Å². The fourth-order valence-electron chi connectivity index (χ4n) is 4.16. The summed E-state index contributed by atoms with van der Waals surface area (Å²) < 4.78 is 8.52. The molecule has 0 atom stereocenters. The summed E-state index contributed by atoms with van der Waals surface area (Å²) in [6, 6.07) is 8.54. The average molecular weight is 419 g/mol. The molecule has 2 aliphatic heterocycles. The van der Waals surface area contributed by atoms with Gasteiger partial charge in [0, 0.05) is 30.8 Å². The van der Waals surface area contributed by atoms with Gasteiger partial charge < -0.3 is 9.64 Å². The van der Waals surface area contributed by atoms with Crippen LogP contribution in [0.3, 0.4) is 0 Å². The van der Waals surface area contributed by atoms with E-state index in [2.05, 4.69) is 38.1 Å². The topological polar surface area (TPSA) is 60.2 Å². The lowest BCUT2D eigenvalue weighted by molar-refractivity contribution is -0.142. The molecule has 26 heavy (non-hydrogen) atoms. The molecular formula is C19H23BrN4O2. The average Bonchev–Trinajstić information content (AvgIpc) is 3.23. The summed E-state index contributed by atoms with van der Waals surface area (Å²) in [6.45, 7) is 2.81. The Hall–Kier alpha value is -1.73. The highest BCUT2D eigenvalue weighted by Crippen LogP contribution is 2.38. The molecule has 1 aromatic heterocycles. The molecule has 0 aliphatic carbocycles. The molecule has 0 spiro atoms. The monoisotopic (exact) mass is 418 g/mol. The number of hydrogen-bond acceptors (Lipinski definition) is 4. The van der Waals surface area contributed by atoms with E-state index in [4.69, 9.17) is 4.74 Å². The molecule has 0 radical (unpaired) electrons. The van der Waals surface area contributed by atoms with Crippen molar-refractivity contribution < 1.29 is 9.53 Å². The van der Waals surface area contributed by atoms with Gasteiger partial charge in [-0.25, -0.2) is 9.67 Å². The van der Waals surface area contributed by atoms with E-state index in [1.807, 2.05) is 21.7 Å². The van der Waals surface area contributed by atoms with Crippen molar-refractivity contribution in [3.63, 3.8) is 0 Å². The summed E-state index contributed by atoms with van der Waals surface area (Å²) in [5.74, 6) is 0.250. The second-order valence-corrected chi connectivity index (χ2v) is 8.02. The van der Waals surface area contributed by atoms with E-state index in [0.717, 1.165) is 48.8 Å². The molecule has 1 amide bonds. The second-order valence-electron chi connectivity index (χ2n) is 7.10. The molecule has 0 bridgehead atoms. The molecule has 0 unspecified atom stereocenters. The first-order valence-corrected chi connectivity index (χ1v) is 9.96. The summed E-state index contributed by atoms with van der Waals surface area (Å²) in [5.41, 5.74) is 0.645. The SMILES string of the molecule is O=C(N1CCC(n2cncn2)CC1)C1(c2ccc(Br)cc2)CCOCC1. The van der Waals surface area contributed by atoms with Crippen molar-refractivity contribution in [1.82, 2.24) is 19.7 Å². The van der Waals surface area contributed by atoms with Gasteiger partial charge in [0.25, 0.3) is 0 Å². The van der Waals surface area contributed by atoms with Crippen LogP contribution in [0, 0.1) is 0 Å². The smallest absolute Gasteiger partial charge is 0.233 e. The number of ether oxygens (including phenoxy) is 1. The van der Waals surface area contributed by atoms with Gasteiger partial charge in [0.05, 0.1) is 11.5 Å². The summed E-state index contributed by atoms with van der Waals surface area (Å²) in [4.78, 5) is 19.7. The largest absolute Gasteiger partial charge is 0.381 e. The molecule has 3 heterocycles. The number of hydrogen-bond donors (Lipinski definition) is 0. The summed E-state index contributed by atoms with van der Waals surface area (Å²) >= 11 is 3.49. The molecule has 4 rings (SSSR count). The third-order valence-electron chi connectivity index (χ3n) is 5.71. The quantitative estimate of drug-likeness (QED) is 0.768. The van der Waals surface area contributed by atoms with Gasteiger partial charge >= 0.3 is 0 Å². The number of piperidine rings is 1. The predicted octanol–water partition coefficient (Wildman–Crippen LogP) is 2.95. The maximum atomic E-state index is 13.6. The second kappa shape index (κ2) is 7.48. The van der Waals surface area contributed by atoms with Crippen LogP contribution in [0.25, 0.3) is 0 Å². The van der Waals surface area contributed by atoms with Crippen LogP contribution in [0.1, 0.15) is 37.3 Å². The van der Waals surface area contributed by atoms with Crippen LogP contribution < -0.4 is 0 Å². The van der Waals surface area contributed by atoms with E-state index in [0.29, 0.717) is 19.3 Å². The fraction of sp³-hybridized carbons (Fsp3) is 0.526. The van der Waals surface area contributed by atoms with Crippen LogP contribution in [0.4, 0.5) is 0 Å². The molecule has 7 heteroatoms. The molecule has 0 saturated carbocycles. The van der Waals surface area contributed by atoms with E-state index >= 15 is 0 Å². The number of benzene rings is 1. The van der Waals surface area contributed by atoms with Crippen LogP contribution in [-0.2, 0) is 14.9 Å². The molecule has 2 aromatic rings. The van der Waals surface area contributed by atoms with Crippen LogP contribution in [0.15, 0.2) is 41.4 Å². The zero-order valence-electron chi connectivity index (χ0n) is 14.7. The van der Waals surface area contributed by atoms with Gasteiger partial charge in [-0.15, -0.1) is 0 Å². The Labute approximate surface area is 161 Å². The molecule has 2 aliphatic rings. The van der Waals surface area contributed by atoms with Crippen molar-refractivity contribution in [2.45, 2.75) is 37.1 Å². The minimum absolute atomic E-state index is 0.250. The van der Waals surface area contributed by atoms with Gasteiger partial charge in [0.1, 0.15) is 12.7 Å². The number of rotatable bonds is 3. The summed E-state index contributed by atoms with van der Waals surface area (Å²) in [5, 5.41) is 4.25. The maximum Gasteiger partial charge on any atom is 0.233 e. The Balaban J connectivity index is 1.53. The molecule has 6 nitrogen and oxygen atoms in total. The molecular weight excluding hydrogens is 396 g/mol. The van der Waals surface area contributed by atoms with E-state index in [1.54, 1.807) is 12.7 Å². The van der Waals surface area contributed by atoms with E-state index in [9.17, 15) is 4.79 Å². The molecule has 2 saturated heterocycles. The lowest BCUT2D eigenvalue weighted by Gasteiger charge is -2.42. The maximum absolute atomic E-state index is 13.6. The number of halogens is 1. The van der Waals surface area contributed by atoms with Crippen LogP contribution in [-0.4, -0.2) is 51.9 Å². The van der Waals surface area contributed by atoms with Crippen LogP contribution >= 0.6 is 15.9 Å². The summed E-state index contributed by atoms with van der Waals surface area (Å²) in [7, 11) is 0. The molecule has 2 fully saturated rings. The highest BCUT2D eigenvalue weighted by molar-refractivity contribution is 9.10. The lowest BCUT2D eigenvalue weighted by atomic mass is 9.72. The third-order valence-corrected chi connectivity index (χ3v) is 6.24. The van der Waals surface area contributed by atoms with Gasteiger partial charge in [-0.05, 0) is 43.4 Å². The normalized spacial score (nSPS) is 20.9. The predicted molar refractivity (Wildman–Crippen MR) is 101 cm³/mol. The van der Waals surface area contributed by atoms with Crippen molar-refractivity contribution in [1.29, 1.82) is 0 Å². The highest BCUT2D eigenvalue weighted by atomic mass is 79.9. The zero-order chi connectivity index (χ0) is 18.0.